The number of hydrogen-bond acceptors (Lipinski definition) is 2. The summed E-state index contributed by atoms with van der Waals surface area (Å²) in [6.45, 7) is 4.84. The van der Waals surface area contributed by atoms with E-state index in [0.29, 0.717) is 6.54 Å². The first kappa shape index (κ1) is 8.50. The number of rotatable bonds is 2. The van der Waals surface area contributed by atoms with Gasteiger partial charge in [0.25, 0.3) is 0 Å². The fourth-order valence-electron chi connectivity index (χ4n) is 0.924. The van der Waals surface area contributed by atoms with Gasteiger partial charge in [-0.2, -0.15) is 0 Å². The maximum atomic E-state index is 5.40. The highest BCUT2D eigenvalue weighted by atomic mass is 32.1. The molecule has 1 rings (SSSR count). The van der Waals surface area contributed by atoms with Crippen LogP contribution in [-0.2, 0) is 0 Å². The molecule has 1 aromatic rings. The molecule has 0 unspecified atom stereocenters. The molecule has 0 aliphatic rings. The highest BCUT2D eigenvalue weighted by molar-refractivity contribution is 7.13. The molecule has 0 saturated carbocycles. The summed E-state index contributed by atoms with van der Waals surface area (Å²) in [7, 11) is 0. The first-order chi connectivity index (χ1) is 5.24. The quantitative estimate of drug-likeness (QED) is 0.719. The van der Waals surface area contributed by atoms with E-state index in [1.165, 1.54) is 15.3 Å². The molecule has 0 aliphatic heterocycles. The van der Waals surface area contributed by atoms with Crippen molar-refractivity contribution in [3.05, 3.63) is 28.0 Å². The van der Waals surface area contributed by atoms with Crippen LogP contribution in [0.5, 0.6) is 0 Å². The molecule has 0 spiro atoms. The molecule has 0 fully saturated rings. The van der Waals surface area contributed by atoms with Crippen molar-refractivity contribution in [1.29, 1.82) is 0 Å². The van der Waals surface area contributed by atoms with E-state index < -0.39 is 0 Å². The second kappa shape index (κ2) is 3.69. The molecule has 60 valence electrons. The molecular weight excluding hydrogens is 154 g/mol. The van der Waals surface area contributed by atoms with Gasteiger partial charge in [0.2, 0.25) is 0 Å². The maximum Gasteiger partial charge on any atom is 0.0299 e. The van der Waals surface area contributed by atoms with Crippen LogP contribution >= 0.6 is 11.3 Å². The van der Waals surface area contributed by atoms with Gasteiger partial charge in [-0.1, -0.05) is 6.08 Å². The van der Waals surface area contributed by atoms with E-state index in [2.05, 4.69) is 26.0 Å². The van der Waals surface area contributed by atoms with Crippen molar-refractivity contribution in [2.75, 3.05) is 6.54 Å². The Kier molecular flexibility index (Phi) is 2.85. The molecule has 0 aromatic carbocycles. The average molecular weight is 167 g/mol. The fraction of sp³-hybridized carbons (Fsp3) is 0.333. The van der Waals surface area contributed by atoms with Gasteiger partial charge in [-0.25, -0.2) is 0 Å². The standard InChI is InChI=1S/C9H13NS/c1-7(5-6-10)9-4-3-8(2)11-9/h3-5H,6,10H2,1-2H3/b7-5-. The zero-order valence-corrected chi connectivity index (χ0v) is 7.74. The van der Waals surface area contributed by atoms with Gasteiger partial charge in [0.1, 0.15) is 0 Å². The predicted molar refractivity (Wildman–Crippen MR) is 51.8 cm³/mol. The number of nitrogens with two attached hydrogens (primary N) is 1. The lowest BCUT2D eigenvalue weighted by molar-refractivity contribution is 1.25. The third-order valence-corrected chi connectivity index (χ3v) is 2.69. The first-order valence-corrected chi connectivity index (χ1v) is 4.49. The fourth-order valence-corrected chi connectivity index (χ4v) is 1.79. The van der Waals surface area contributed by atoms with Crippen molar-refractivity contribution in [3.8, 4) is 0 Å². The van der Waals surface area contributed by atoms with Crippen molar-refractivity contribution in [2.24, 2.45) is 5.73 Å². The summed E-state index contributed by atoms with van der Waals surface area (Å²) in [6.07, 6.45) is 2.05. The van der Waals surface area contributed by atoms with Gasteiger partial charge >= 0.3 is 0 Å². The number of aryl methyl sites for hydroxylation is 1. The minimum atomic E-state index is 0.628. The Hall–Kier alpha value is -0.600. The van der Waals surface area contributed by atoms with Gasteiger partial charge in [0.05, 0.1) is 0 Å². The Morgan fingerprint density at radius 3 is 2.82 bits per heavy atom. The second-order valence-electron chi connectivity index (χ2n) is 2.53. The normalized spacial score (nSPS) is 12.1. The highest BCUT2D eigenvalue weighted by Gasteiger charge is 1.96. The Morgan fingerprint density at radius 1 is 1.64 bits per heavy atom. The Labute approximate surface area is 71.5 Å². The summed E-state index contributed by atoms with van der Waals surface area (Å²) in [4.78, 5) is 2.68. The molecule has 0 saturated heterocycles. The van der Waals surface area contributed by atoms with Crippen LogP contribution in [0.4, 0.5) is 0 Å². The van der Waals surface area contributed by atoms with Crippen molar-refractivity contribution in [1.82, 2.24) is 0 Å². The van der Waals surface area contributed by atoms with Gasteiger partial charge in [0, 0.05) is 16.3 Å². The van der Waals surface area contributed by atoms with Gasteiger partial charge in [-0.3, -0.25) is 0 Å². The second-order valence-corrected chi connectivity index (χ2v) is 3.82. The monoisotopic (exact) mass is 167 g/mol. The summed E-state index contributed by atoms with van der Waals surface area (Å²) in [6, 6.07) is 4.27. The minimum absolute atomic E-state index is 0.628. The molecular formula is C9H13NS. The SMILES string of the molecule is C/C(=C/CN)c1ccc(C)s1. The molecule has 0 radical (unpaired) electrons. The first-order valence-electron chi connectivity index (χ1n) is 3.67. The van der Waals surface area contributed by atoms with Gasteiger partial charge in [0.15, 0.2) is 0 Å². The van der Waals surface area contributed by atoms with E-state index in [1.807, 2.05) is 17.4 Å². The summed E-state index contributed by atoms with van der Waals surface area (Å²) in [5.41, 5.74) is 6.68. The Bertz CT molecular complexity index is 260. The Balaban J connectivity index is 2.84. The number of allylic oxidation sites excluding steroid dienone is 1. The number of hydrogen-bond donors (Lipinski definition) is 1. The minimum Gasteiger partial charge on any atom is -0.327 e. The molecule has 0 aliphatic carbocycles. The molecule has 0 bridgehead atoms. The van der Waals surface area contributed by atoms with Crippen LogP contribution in [0.1, 0.15) is 16.7 Å². The topological polar surface area (TPSA) is 26.0 Å². The van der Waals surface area contributed by atoms with E-state index in [1.54, 1.807) is 0 Å². The van der Waals surface area contributed by atoms with E-state index in [9.17, 15) is 0 Å². The third kappa shape index (κ3) is 2.17. The summed E-state index contributed by atoms with van der Waals surface area (Å²) < 4.78 is 0. The van der Waals surface area contributed by atoms with Crippen LogP contribution in [0.3, 0.4) is 0 Å². The van der Waals surface area contributed by atoms with Gasteiger partial charge in [-0.05, 0) is 31.6 Å². The molecule has 1 heterocycles. The molecule has 11 heavy (non-hydrogen) atoms. The molecule has 2 heteroatoms. The lowest BCUT2D eigenvalue weighted by Crippen LogP contribution is -1.93. The van der Waals surface area contributed by atoms with Crippen LogP contribution in [0.25, 0.3) is 5.57 Å². The van der Waals surface area contributed by atoms with Crippen LogP contribution in [0, 0.1) is 6.92 Å². The van der Waals surface area contributed by atoms with Crippen LogP contribution in [-0.4, -0.2) is 6.54 Å². The van der Waals surface area contributed by atoms with Crippen molar-refractivity contribution in [3.63, 3.8) is 0 Å². The van der Waals surface area contributed by atoms with Crippen molar-refractivity contribution < 1.29 is 0 Å². The smallest absolute Gasteiger partial charge is 0.0299 e. The molecule has 1 nitrogen and oxygen atoms in total. The van der Waals surface area contributed by atoms with Crippen LogP contribution in [0.15, 0.2) is 18.2 Å². The van der Waals surface area contributed by atoms with Gasteiger partial charge < -0.3 is 5.73 Å². The zero-order chi connectivity index (χ0) is 8.27. The van der Waals surface area contributed by atoms with Gasteiger partial charge in [-0.15, -0.1) is 11.3 Å². The average Bonchev–Trinajstić information content (AvgIpc) is 2.36. The zero-order valence-electron chi connectivity index (χ0n) is 6.92. The van der Waals surface area contributed by atoms with Crippen LogP contribution in [0.2, 0.25) is 0 Å². The Morgan fingerprint density at radius 2 is 2.36 bits per heavy atom. The molecule has 0 amide bonds. The molecule has 1 aromatic heterocycles. The van der Waals surface area contributed by atoms with E-state index in [0.717, 1.165) is 0 Å². The third-order valence-electron chi connectivity index (χ3n) is 1.55. The highest BCUT2D eigenvalue weighted by Crippen LogP contribution is 2.22. The van der Waals surface area contributed by atoms with E-state index in [4.69, 9.17) is 5.73 Å². The lowest BCUT2D eigenvalue weighted by Gasteiger charge is -1.93. The number of thiophene rings is 1. The summed E-state index contributed by atoms with van der Waals surface area (Å²) in [5, 5.41) is 0. The summed E-state index contributed by atoms with van der Waals surface area (Å²) in [5.74, 6) is 0. The van der Waals surface area contributed by atoms with Crippen LogP contribution < -0.4 is 5.73 Å². The largest absolute Gasteiger partial charge is 0.327 e. The van der Waals surface area contributed by atoms with Crippen molar-refractivity contribution in [2.45, 2.75) is 13.8 Å². The van der Waals surface area contributed by atoms with E-state index in [-0.39, 0.29) is 0 Å². The molecule has 0 atom stereocenters. The lowest BCUT2D eigenvalue weighted by atomic mass is 10.2. The molecule has 2 N–H and O–H groups in total. The summed E-state index contributed by atoms with van der Waals surface area (Å²) >= 11 is 1.81. The van der Waals surface area contributed by atoms with Crippen molar-refractivity contribution >= 4 is 16.9 Å². The maximum absolute atomic E-state index is 5.40. The predicted octanol–water partition coefficient (Wildman–Crippen LogP) is 2.42. The van der Waals surface area contributed by atoms with E-state index >= 15 is 0 Å².